The van der Waals surface area contributed by atoms with E-state index >= 15 is 0 Å². The lowest BCUT2D eigenvalue weighted by Gasteiger charge is -2.12. The molecule has 4 heteroatoms. The van der Waals surface area contributed by atoms with Gasteiger partial charge in [-0.15, -0.1) is 12.4 Å². The summed E-state index contributed by atoms with van der Waals surface area (Å²) in [7, 11) is 0. The molecule has 1 amide bonds. The van der Waals surface area contributed by atoms with Crippen LogP contribution in [0.25, 0.3) is 0 Å². The molecule has 0 spiro atoms. The van der Waals surface area contributed by atoms with Crippen LogP contribution in [0.4, 0.5) is 0 Å². The molecule has 3 N–H and O–H groups in total. The zero-order valence-corrected chi connectivity index (χ0v) is 9.37. The van der Waals surface area contributed by atoms with Gasteiger partial charge in [-0.2, -0.15) is 0 Å². The molecule has 0 aliphatic carbocycles. The van der Waals surface area contributed by atoms with E-state index in [0.717, 1.165) is 12.8 Å². The van der Waals surface area contributed by atoms with Crippen molar-refractivity contribution in [3.8, 4) is 0 Å². The molecule has 0 fully saturated rings. The van der Waals surface area contributed by atoms with Gasteiger partial charge in [0.25, 0.3) is 0 Å². The molecular formula is C11H17ClN2O. The third-order valence-corrected chi connectivity index (χ3v) is 2.02. The van der Waals surface area contributed by atoms with Gasteiger partial charge in [0, 0.05) is 12.5 Å². The van der Waals surface area contributed by atoms with E-state index in [1.165, 1.54) is 0 Å². The summed E-state index contributed by atoms with van der Waals surface area (Å²) in [6.45, 7) is 0. The number of halogens is 1. The summed E-state index contributed by atoms with van der Waals surface area (Å²) in [6.07, 6.45) is 14.1. The smallest absolute Gasteiger partial charge is 0.217 e. The lowest BCUT2D eigenvalue weighted by molar-refractivity contribution is -0.118. The molecule has 1 heterocycles. The Hall–Kier alpha value is -1.22. The molecule has 3 nitrogen and oxygen atoms in total. The minimum atomic E-state index is -0.227. The van der Waals surface area contributed by atoms with Crippen LogP contribution in [0.2, 0.25) is 0 Å². The molecule has 0 saturated heterocycles. The van der Waals surface area contributed by atoms with Gasteiger partial charge in [-0.05, 0) is 25.1 Å². The minimum Gasteiger partial charge on any atom is -0.385 e. The maximum atomic E-state index is 10.5. The first-order valence-electron chi connectivity index (χ1n) is 4.83. The lowest BCUT2D eigenvalue weighted by atomic mass is 10.1. The molecule has 1 aliphatic heterocycles. The van der Waals surface area contributed by atoms with Crippen LogP contribution in [0.3, 0.4) is 0 Å². The van der Waals surface area contributed by atoms with E-state index in [1.54, 1.807) is 0 Å². The number of carbonyl (C=O) groups is 1. The van der Waals surface area contributed by atoms with Crippen molar-refractivity contribution in [2.45, 2.75) is 25.3 Å². The third-order valence-electron chi connectivity index (χ3n) is 2.02. The second-order valence-electron chi connectivity index (χ2n) is 3.26. The summed E-state index contributed by atoms with van der Waals surface area (Å²) >= 11 is 0. The van der Waals surface area contributed by atoms with Crippen molar-refractivity contribution in [1.82, 2.24) is 5.32 Å². The van der Waals surface area contributed by atoms with E-state index in [9.17, 15) is 4.79 Å². The number of hydrogen-bond acceptors (Lipinski definition) is 2. The molecular weight excluding hydrogens is 212 g/mol. The fourth-order valence-electron chi connectivity index (χ4n) is 1.29. The predicted octanol–water partition coefficient (Wildman–Crippen LogP) is 1.66. The van der Waals surface area contributed by atoms with Crippen molar-refractivity contribution in [2.24, 2.45) is 5.73 Å². The highest BCUT2D eigenvalue weighted by molar-refractivity contribution is 5.85. The number of hydrogen-bond donors (Lipinski definition) is 2. The van der Waals surface area contributed by atoms with E-state index in [-0.39, 0.29) is 18.3 Å². The van der Waals surface area contributed by atoms with E-state index in [2.05, 4.69) is 11.4 Å². The van der Waals surface area contributed by atoms with Crippen LogP contribution in [0.15, 0.2) is 36.6 Å². The molecule has 0 saturated carbocycles. The molecule has 1 atom stereocenters. The fraction of sp³-hybridized carbons (Fsp3) is 0.364. The summed E-state index contributed by atoms with van der Waals surface area (Å²) in [5.74, 6) is -0.227. The van der Waals surface area contributed by atoms with Crippen molar-refractivity contribution in [1.29, 1.82) is 0 Å². The monoisotopic (exact) mass is 228 g/mol. The first-order valence-corrected chi connectivity index (χ1v) is 4.83. The van der Waals surface area contributed by atoms with Gasteiger partial charge >= 0.3 is 0 Å². The Labute approximate surface area is 96.5 Å². The van der Waals surface area contributed by atoms with Gasteiger partial charge in [-0.3, -0.25) is 4.79 Å². The van der Waals surface area contributed by atoms with Crippen LogP contribution in [-0.4, -0.2) is 11.9 Å². The molecule has 1 rings (SSSR count). The van der Waals surface area contributed by atoms with E-state index in [1.807, 2.05) is 30.5 Å². The second kappa shape index (κ2) is 8.12. The highest BCUT2D eigenvalue weighted by Gasteiger charge is 2.03. The summed E-state index contributed by atoms with van der Waals surface area (Å²) in [5.41, 5.74) is 5.06. The molecule has 0 aromatic carbocycles. The van der Waals surface area contributed by atoms with Crippen LogP contribution >= 0.6 is 12.4 Å². The molecule has 84 valence electrons. The number of nitrogens with two attached hydrogens (primary N) is 1. The average Bonchev–Trinajstić information content (AvgIpc) is 2.07. The summed E-state index contributed by atoms with van der Waals surface area (Å²) in [4.78, 5) is 10.5. The highest BCUT2D eigenvalue weighted by atomic mass is 35.5. The molecule has 15 heavy (non-hydrogen) atoms. The first-order chi connectivity index (χ1) is 6.79. The number of nitrogens with one attached hydrogen (secondary N) is 1. The van der Waals surface area contributed by atoms with Crippen LogP contribution in [0, 0.1) is 0 Å². The van der Waals surface area contributed by atoms with Gasteiger partial charge in [0.15, 0.2) is 0 Å². The number of carbonyl (C=O) groups excluding carboxylic acids is 1. The van der Waals surface area contributed by atoms with E-state index in [0.29, 0.717) is 12.5 Å². The molecule has 0 bridgehead atoms. The molecule has 1 unspecified atom stereocenters. The molecule has 0 aromatic heterocycles. The highest BCUT2D eigenvalue weighted by Crippen LogP contribution is 2.03. The SMILES string of the molecule is Cl.NC(=O)CCCC1\C=C/C=C\C=C/N1. The van der Waals surface area contributed by atoms with Crippen molar-refractivity contribution < 1.29 is 4.79 Å². The average molecular weight is 229 g/mol. The number of amides is 1. The van der Waals surface area contributed by atoms with Gasteiger partial charge < -0.3 is 11.1 Å². The Morgan fingerprint density at radius 1 is 1.27 bits per heavy atom. The zero-order chi connectivity index (χ0) is 10.2. The Kier molecular flexibility index (Phi) is 7.46. The second-order valence-corrected chi connectivity index (χ2v) is 3.26. The lowest BCUT2D eigenvalue weighted by Crippen LogP contribution is -2.22. The van der Waals surface area contributed by atoms with Gasteiger partial charge in [0.2, 0.25) is 5.91 Å². The van der Waals surface area contributed by atoms with Gasteiger partial charge in [0.05, 0.1) is 0 Å². The van der Waals surface area contributed by atoms with Crippen molar-refractivity contribution in [3.63, 3.8) is 0 Å². The van der Waals surface area contributed by atoms with Crippen LogP contribution < -0.4 is 11.1 Å². The van der Waals surface area contributed by atoms with Crippen molar-refractivity contribution in [2.75, 3.05) is 0 Å². The van der Waals surface area contributed by atoms with Gasteiger partial charge in [-0.25, -0.2) is 0 Å². The predicted molar refractivity (Wildman–Crippen MR) is 64.6 cm³/mol. The minimum absolute atomic E-state index is 0. The zero-order valence-electron chi connectivity index (χ0n) is 8.56. The summed E-state index contributed by atoms with van der Waals surface area (Å²) in [5, 5.41) is 3.22. The van der Waals surface area contributed by atoms with E-state index in [4.69, 9.17) is 5.73 Å². The Bertz CT molecular complexity index is 272. The van der Waals surface area contributed by atoms with Gasteiger partial charge in [0.1, 0.15) is 0 Å². The number of rotatable bonds is 4. The largest absolute Gasteiger partial charge is 0.385 e. The van der Waals surface area contributed by atoms with Crippen LogP contribution in [-0.2, 0) is 4.79 Å². The standard InChI is InChI=1S/C11H16N2O.ClH/c12-11(14)8-5-7-10-6-3-1-2-4-9-13-10;/h1-4,6,9-10,13H,5,7-8H2,(H2,12,14);1H/b2-1-,6-3-,9-4-;. The molecule has 0 aromatic rings. The van der Waals surface area contributed by atoms with Crippen LogP contribution in [0.5, 0.6) is 0 Å². The number of allylic oxidation sites excluding steroid dienone is 4. The third kappa shape index (κ3) is 6.80. The first kappa shape index (κ1) is 13.8. The van der Waals surface area contributed by atoms with Gasteiger partial charge in [-0.1, -0.05) is 24.3 Å². The maximum absolute atomic E-state index is 10.5. The molecule has 0 radical (unpaired) electrons. The summed E-state index contributed by atoms with van der Waals surface area (Å²) in [6, 6.07) is 0.301. The maximum Gasteiger partial charge on any atom is 0.217 e. The molecule has 1 aliphatic rings. The van der Waals surface area contributed by atoms with Crippen molar-refractivity contribution >= 4 is 18.3 Å². The Balaban J connectivity index is 0.00000196. The fourth-order valence-corrected chi connectivity index (χ4v) is 1.29. The normalized spacial score (nSPS) is 24.9. The Morgan fingerprint density at radius 3 is 2.73 bits per heavy atom. The number of primary amides is 1. The quantitative estimate of drug-likeness (QED) is 0.769. The van der Waals surface area contributed by atoms with Crippen molar-refractivity contribution in [3.05, 3.63) is 36.6 Å². The summed E-state index contributed by atoms with van der Waals surface area (Å²) < 4.78 is 0. The van der Waals surface area contributed by atoms with Crippen LogP contribution in [0.1, 0.15) is 19.3 Å². The van der Waals surface area contributed by atoms with E-state index < -0.39 is 0 Å². The topological polar surface area (TPSA) is 55.1 Å². The Morgan fingerprint density at radius 2 is 2.00 bits per heavy atom.